The van der Waals surface area contributed by atoms with E-state index in [9.17, 15) is 4.79 Å². The number of amides is 1. The third-order valence-electron chi connectivity index (χ3n) is 3.86. The van der Waals surface area contributed by atoms with Crippen molar-refractivity contribution in [3.8, 4) is 11.4 Å². The molecule has 136 valence electrons. The molecule has 2 aromatic heterocycles. The van der Waals surface area contributed by atoms with Gasteiger partial charge in [-0.05, 0) is 48.5 Å². The SMILES string of the molecule is COc1ccc(-n2nnnc2SCC(=O)Nc2c(C)nn(C)c2C)cc1. The molecule has 0 bridgehead atoms. The maximum atomic E-state index is 12.3. The summed E-state index contributed by atoms with van der Waals surface area (Å²) in [5.74, 6) is 0.792. The number of nitrogens with one attached hydrogen (secondary N) is 1. The summed E-state index contributed by atoms with van der Waals surface area (Å²) in [7, 11) is 3.45. The van der Waals surface area contributed by atoms with Gasteiger partial charge in [0.25, 0.3) is 0 Å². The normalized spacial score (nSPS) is 10.8. The molecule has 26 heavy (non-hydrogen) atoms. The van der Waals surface area contributed by atoms with Crippen LogP contribution >= 0.6 is 11.8 Å². The second-order valence-corrected chi connectivity index (χ2v) is 6.52. The minimum atomic E-state index is -0.140. The number of carbonyl (C=O) groups is 1. The van der Waals surface area contributed by atoms with Crippen molar-refractivity contribution < 1.29 is 9.53 Å². The highest BCUT2D eigenvalue weighted by Gasteiger charge is 2.15. The Balaban J connectivity index is 1.67. The molecule has 0 radical (unpaired) electrons. The number of aromatic nitrogens is 6. The molecular formula is C16H19N7O2S. The number of thioether (sulfide) groups is 1. The Morgan fingerprint density at radius 3 is 2.62 bits per heavy atom. The first-order valence-corrected chi connectivity index (χ1v) is 8.84. The number of tetrazole rings is 1. The first kappa shape index (κ1) is 17.9. The van der Waals surface area contributed by atoms with Crippen molar-refractivity contribution in [2.24, 2.45) is 7.05 Å². The maximum Gasteiger partial charge on any atom is 0.234 e. The summed E-state index contributed by atoms with van der Waals surface area (Å²) in [5, 5.41) is 19.4. The Hall–Kier alpha value is -2.88. The molecule has 0 aliphatic carbocycles. The number of hydrogen-bond acceptors (Lipinski definition) is 7. The molecule has 1 amide bonds. The average Bonchev–Trinajstić information content (AvgIpc) is 3.20. The van der Waals surface area contributed by atoms with E-state index in [4.69, 9.17) is 4.74 Å². The summed E-state index contributed by atoms with van der Waals surface area (Å²) < 4.78 is 8.47. The number of hydrogen-bond donors (Lipinski definition) is 1. The molecule has 0 saturated heterocycles. The Morgan fingerprint density at radius 1 is 1.27 bits per heavy atom. The van der Waals surface area contributed by atoms with Crippen molar-refractivity contribution in [3.63, 3.8) is 0 Å². The van der Waals surface area contributed by atoms with Gasteiger partial charge in [-0.25, -0.2) is 0 Å². The number of anilines is 1. The summed E-state index contributed by atoms with van der Waals surface area (Å²) in [5.41, 5.74) is 3.22. The lowest BCUT2D eigenvalue weighted by atomic mass is 10.3. The van der Waals surface area contributed by atoms with Crippen LogP contribution in [0.5, 0.6) is 5.75 Å². The van der Waals surface area contributed by atoms with Gasteiger partial charge in [0, 0.05) is 7.05 Å². The van der Waals surface area contributed by atoms with Crippen LogP contribution in [0.1, 0.15) is 11.4 Å². The Labute approximate surface area is 154 Å². The van der Waals surface area contributed by atoms with Gasteiger partial charge in [0.05, 0.1) is 35.6 Å². The molecule has 3 aromatic rings. The number of ether oxygens (including phenoxy) is 1. The second-order valence-electron chi connectivity index (χ2n) is 5.58. The molecule has 1 aromatic carbocycles. The molecule has 0 unspecified atom stereocenters. The zero-order chi connectivity index (χ0) is 18.7. The first-order chi connectivity index (χ1) is 12.5. The largest absolute Gasteiger partial charge is 0.497 e. The van der Waals surface area contributed by atoms with E-state index in [0.717, 1.165) is 28.5 Å². The van der Waals surface area contributed by atoms with Crippen LogP contribution in [0.2, 0.25) is 0 Å². The number of rotatable bonds is 6. The highest BCUT2D eigenvalue weighted by Crippen LogP contribution is 2.22. The van der Waals surface area contributed by atoms with Crippen LogP contribution in [0.25, 0.3) is 5.69 Å². The van der Waals surface area contributed by atoms with Gasteiger partial charge < -0.3 is 10.1 Å². The number of benzene rings is 1. The van der Waals surface area contributed by atoms with Crippen LogP contribution in [0.3, 0.4) is 0 Å². The number of methoxy groups -OCH3 is 1. The Bertz CT molecular complexity index is 917. The van der Waals surface area contributed by atoms with Gasteiger partial charge in [-0.3, -0.25) is 9.48 Å². The third kappa shape index (κ3) is 3.69. The van der Waals surface area contributed by atoms with Crippen molar-refractivity contribution >= 4 is 23.4 Å². The van der Waals surface area contributed by atoms with E-state index >= 15 is 0 Å². The standard InChI is InChI=1S/C16H19N7O2S/c1-10-15(11(2)22(3)19-10)17-14(24)9-26-16-18-20-21-23(16)12-5-7-13(25-4)8-6-12/h5-8H,9H2,1-4H3,(H,17,24). The summed E-state index contributed by atoms with van der Waals surface area (Å²) in [6, 6.07) is 7.35. The smallest absolute Gasteiger partial charge is 0.234 e. The lowest BCUT2D eigenvalue weighted by molar-refractivity contribution is -0.113. The summed E-state index contributed by atoms with van der Waals surface area (Å²) in [6.07, 6.45) is 0. The lowest BCUT2D eigenvalue weighted by Gasteiger charge is -2.07. The number of carbonyl (C=O) groups excluding carboxylic acids is 1. The zero-order valence-electron chi connectivity index (χ0n) is 14.9. The van der Waals surface area contributed by atoms with E-state index in [1.807, 2.05) is 45.2 Å². The van der Waals surface area contributed by atoms with Crippen molar-refractivity contribution in [2.45, 2.75) is 19.0 Å². The van der Waals surface area contributed by atoms with Crippen molar-refractivity contribution in [1.29, 1.82) is 0 Å². The van der Waals surface area contributed by atoms with E-state index in [0.29, 0.717) is 5.16 Å². The van der Waals surface area contributed by atoms with Crippen LogP contribution in [-0.2, 0) is 11.8 Å². The average molecular weight is 373 g/mol. The summed E-state index contributed by atoms with van der Waals surface area (Å²) >= 11 is 1.26. The molecule has 2 heterocycles. The van der Waals surface area contributed by atoms with Crippen molar-refractivity contribution in [1.82, 2.24) is 30.0 Å². The molecule has 10 heteroatoms. The number of nitrogens with zero attached hydrogens (tertiary/aromatic N) is 6. The van der Waals surface area contributed by atoms with Crippen molar-refractivity contribution in [2.75, 3.05) is 18.2 Å². The zero-order valence-corrected chi connectivity index (χ0v) is 15.7. The van der Waals surface area contributed by atoms with Crippen LogP contribution in [-0.4, -0.2) is 48.8 Å². The fraction of sp³-hybridized carbons (Fsp3) is 0.312. The first-order valence-electron chi connectivity index (χ1n) is 7.85. The van der Waals surface area contributed by atoms with E-state index in [-0.39, 0.29) is 11.7 Å². The fourth-order valence-corrected chi connectivity index (χ4v) is 3.11. The third-order valence-corrected chi connectivity index (χ3v) is 4.78. The highest BCUT2D eigenvalue weighted by molar-refractivity contribution is 7.99. The Morgan fingerprint density at radius 2 is 2.00 bits per heavy atom. The van der Waals surface area contributed by atoms with Gasteiger partial charge >= 0.3 is 0 Å². The van der Waals surface area contributed by atoms with Gasteiger partial charge in [-0.15, -0.1) is 5.10 Å². The van der Waals surface area contributed by atoms with Gasteiger partial charge in [-0.1, -0.05) is 11.8 Å². The number of aryl methyl sites for hydroxylation is 2. The van der Waals surface area contributed by atoms with E-state index in [1.165, 1.54) is 11.8 Å². The van der Waals surface area contributed by atoms with Crippen molar-refractivity contribution in [3.05, 3.63) is 35.7 Å². The molecule has 0 atom stereocenters. The van der Waals surface area contributed by atoms with Gasteiger partial charge in [0.1, 0.15) is 5.75 Å². The fourth-order valence-electron chi connectivity index (χ4n) is 2.41. The molecular weight excluding hydrogens is 354 g/mol. The van der Waals surface area contributed by atoms with E-state index in [2.05, 4.69) is 25.9 Å². The van der Waals surface area contributed by atoms with Gasteiger partial charge in [0.15, 0.2) is 0 Å². The molecule has 0 aliphatic heterocycles. The van der Waals surface area contributed by atoms with E-state index in [1.54, 1.807) is 16.5 Å². The molecule has 0 aliphatic rings. The van der Waals surface area contributed by atoms with Gasteiger partial charge in [-0.2, -0.15) is 9.78 Å². The molecule has 0 saturated carbocycles. The van der Waals surface area contributed by atoms with Gasteiger partial charge in [0.2, 0.25) is 11.1 Å². The van der Waals surface area contributed by atoms with Crippen LogP contribution < -0.4 is 10.1 Å². The monoisotopic (exact) mass is 373 g/mol. The predicted molar refractivity (Wildman–Crippen MR) is 97.7 cm³/mol. The quantitative estimate of drug-likeness (QED) is 0.657. The molecule has 9 nitrogen and oxygen atoms in total. The molecule has 1 N–H and O–H groups in total. The molecule has 0 fully saturated rings. The van der Waals surface area contributed by atoms with E-state index < -0.39 is 0 Å². The minimum absolute atomic E-state index is 0.140. The molecule has 0 spiro atoms. The minimum Gasteiger partial charge on any atom is -0.497 e. The van der Waals surface area contributed by atoms with Crippen LogP contribution in [0.15, 0.2) is 29.4 Å². The predicted octanol–water partition coefficient (Wildman–Crippen LogP) is 1.75. The topological polar surface area (TPSA) is 99.8 Å². The van der Waals surface area contributed by atoms with Crippen LogP contribution in [0.4, 0.5) is 5.69 Å². The second kappa shape index (κ2) is 7.56. The highest BCUT2D eigenvalue weighted by atomic mass is 32.2. The molecule has 3 rings (SSSR count). The Kier molecular flexibility index (Phi) is 5.21. The lowest BCUT2D eigenvalue weighted by Crippen LogP contribution is -2.15. The maximum absolute atomic E-state index is 12.3. The van der Waals surface area contributed by atoms with Crippen LogP contribution in [0, 0.1) is 13.8 Å². The summed E-state index contributed by atoms with van der Waals surface area (Å²) in [4.78, 5) is 12.3. The summed E-state index contributed by atoms with van der Waals surface area (Å²) in [6.45, 7) is 3.77.